The minimum Gasteiger partial charge on any atom is -0.455 e. The van der Waals surface area contributed by atoms with Gasteiger partial charge in [0.2, 0.25) is 0 Å². The number of halogens is 3. The van der Waals surface area contributed by atoms with Crippen LogP contribution in [0.2, 0.25) is 0 Å². The molecule has 0 saturated carbocycles. The highest BCUT2D eigenvalue weighted by Gasteiger charge is 2.31. The zero-order valence-corrected chi connectivity index (χ0v) is 9.83. The van der Waals surface area contributed by atoms with Gasteiger partial charge in [-0.15, -0.1) is 0 Å². The summed E-state index contributed by atoms with van der Waals surface area (Å²) in [4.78, 5) is 11.4. The van der Waals surface area contributed by atoms with Crippen LogP contribution in [0.25, 0.3) is 0 Å². The lowest BCUT2D eigenvalue weighted by Gasteiger charge is -2.16. The number of carbonyl (C=O) groups is 1. The third kappa shape index (κ3) is 5.18. The molecule has 1 N–H and O–H groups in total. The Bertz CT molecular complexity index is 379. The first-order valence-electron chi connectivity index (χ1n) is 5.37. The predicted molar refractivity (Wildman–Crippen MR) is 60.0 cm³/mol. The van der Waals surface area contributed by atoms with E-state index in [9.17, 15) is 18.0 Å². The number of ether oxygens (including phenoxy) is 1. The minimum atomic E-state index is -4.50. The molecule has 3 nitrogen and oxygen atoms in total. The van der Waals surface area contributed by atoms with E-state index in [1.807, 2.05) is 6.07 Å². The Morgan fingerprint density at radius 2 is 1.94 bits per heavy atom. The maximum Gasteiger partial charge on any atom is 0.422 e. The van der Waals surface area contributed by atoms with Crippen molar-refractivity contribution in [2.24, 2.45) is 0 Å². The third-order valence-corrected chi connectivity index (χ3v) is 2.29. The van der Waals surface area contributed by atoms with E-state index in [0.717, 1.165) is 5.56 Å². The zero-order chi connectivity index (χ0) is 13.6. The Labute approximate surface area is 103 Å². The number of benzene rings is 1. The topological polar surface area (TPSA) is 38.3 Å². The van der Waals surface area contributed by atoms with Gasteiger partial charge in [-0.3, -0.25) is 4.79 Å². The molecule has 0 unspecified atom stereocenters. The summed E-state index contributed by atoms with van der Waals surface area (Å²) >= 11 is 0. The van der Waals surface area contributed by atoms with Crippen LogP contribution in [0.1, 0.15) is 5.56 Å². The number of alkyl halides is 3. The number of esters is 1. The van der Waals surface area contributed by atoms with Gasteiger partial charge in [0.05, 0.1) is 0 Å². The zero-order valence-electron chi connectivity index (χ0n) is 9.83. The quantitative estimate of drug-likeness (QED) is 0.823. The lowest BCUT2D eigenvalue weighted by Crippen LogP contribution is -2.39. The van der Waals surface area contributed by atoms with Gasteiger partial charge in [0, 0.05) is 0 Å². The summed E-state index contributed by atoms with van der Waals surface area (Å²) in [5, 5.41) is 2.64. The maximum absolute atomic E-state index is 11.9. The van der Waals surface area contributed by atoms with Crippen molar-refractivity contribution >= 4 is 5.97 Å². The van der Waals surface area contributed by atoms with Gasteiger partial charge in [-0.25, -0.2) is 0 Å². The van der Waals surface area contributed by atoms with Gasteiger partial charge in [0.25, 0.3) is 0 Å². The van der Waals surface area contributed by atoms with E-state index < -0.39 is 24.8 Å². The average molecular weight is 261 g/mol. The van der Waals surface area contributed by atoms with Gasteiger partial charge < -0.3 is 10.1 Å². The summed E-state index contributed by atoms with van der Waals surface area (Å²) in [7, 11) is 1.50. The van der Waals surface area contributed by atoms with Crippen LogP contribution in [0.5, 0.6) is 0 Å². The molecule has 0 spiro atoms. The molecular weight excluding hydrogens is 247 g/mol. The van der Waals surface area contributed by atoms with Gasteiger partial charge in [-0.05, 0) is 19.0 Å². The molecular formula is C12H14F3NO2. The number of nitrogens with one attached hydrogen (secondary N) is 1. The first kappa shape index (κ1) is 14.5. The Hall–Kier alpha value is -1.56. The van der Waals surface area contributed by atoms with E-state index in [1.165, 1.54) is 7.05 Å². The monoisotopic (exact) mass is 261 g/mol. The summed E-state index contributed by atoms with van der Waals surface area (Å²) < 4.78 is 39.9. The van der Waals surface area contributed by atoms with Crippen molar-refractivity contribution in [3.63, 3.8) is 0 Å². The Morgan fingerprint density at radius 3 is 2.44 bits per heavy atom. The van der Waals surface area contributed by atoms with Gasteiger partial charge in [-0.1, -0.05) is 30.3 Å². The maximum atomic E-state index is 11.9. The predicted octanol–water partition coefficient (Wildman–Crippen LogP) is 1.92. The second-order valence-electron chi connectivity index (χ2n) is 3.75. The molecule has 100 valence electrons. The standard InChI is InChI=1S/C12H14F3NO2/c1-16-10(7-9-5-3-2-4-6-9)11(17)18-8-12(13,14)15/h2-6,10,16H,7-8H2,1H3/t10-/m0/s1. The summed E-state index contributed by atoms with van der Waals surface area (Å²) in [6.07, 6.45) is -4.21. The number of likely N-dealkylation sites (N-methyl/N-ethyl adjacent to an activating group) is 1. The van der Waals surface area contributed by atoms with Crippen molar-refractivity contribution in [1.29, 1.82) is 0 Å². The van der Waals surface area contributed by atoms with Crippen molar-refractivity contribution in [2.75, 3.05) is 13.7 Å². The third-order valence-electron chi connectivity index (χ3n) is 2.29. The molecule has 1 rings (SSSR count). The molecule has 0 saturated heterocycles. The van der Waals surface area contributed by atoms with E-state index in [1.54, 1.807) is 24.3 Å². The smallest absolute Gasteiger partial charge is 0.422 e. The SMILES string of the molecule is CN[C@@H](Cc1ccccc1)C(=O)OCC(F)(F)F. The molecule has 1 aromatic rings. The van der Waals surface area contributed by atoms with Crippen LogP contribution in [0.15, 0.2) is 30.3 Å². The highest BCUT2D eigenvalue weighted by molar-refractivity contribution is 5.76. The van der Waals surface area contributed by atoms with E-state index >= 15 is 0 Å². The first-order chi connectivity index (χ1) is 8.42. The highest BCUT2D eigenvalue weighted by Crippen LogP contribution is 2.15. The molecule has 1 aromatic carbocycles. The van der Waals surface area contributed by atoms with Crippen molar-refractivity contribution in [3.05, 3.63) is 35.9 Å². The van der Waals surface area contributed by atoms with Crippen LogP contribution >= 0.6 is 0 Å². The Balaban J connectivity index is 2.53. The number of hydrogen-bond donors (Lipinski definition) is 1. The number of rotatable bonds is 5. The summed E-state index contributed by atoms with van der Waals surface area (Å²) in [5.74, 6) is -0.904. The second kappa shape index (κ2) is 6.39. The molecule has 0 bridgehead atoms. The van der Waals surface area contributed by atoms with Crippen LogP contribution < -0.4 is 5.32 Å². The van der Waals surface area contributed by atoms with E-state index in [4.69, 9.17) is 0 Å². The molecule has 0 aliphatic carbocycles. The number of carbonyl (C=O) groups excluding carboxylic acids is 1. The summed E-state index contributed by atoms with van der Waals surface area (Å²) in [6.45, 7) is -1.56. The molecule has 1 atom stereocenters. The fourth-order valence-electron chi connectivity index (χ4n) is 1.41. The van der Waals surface area contributed by atoms with Crippen molar-refractivity contribution < 1.29 is 22.7 Å². The molecule has 6 heteroatoms. The van der Waals surface area contributed by atoms with E-state index in [0.29, 0.717) is 0 Å². The van der Waals surface area contributed by atoms with E-state index in [-0.39, 0.29) is 6.42 Å². The van der Waals surface area contributed by atoms with Crippen LogP contribution in [0, 0.1) is 0 Å². The molecule has 0 amide bonds. The Morgan fingerprint density at radius 1 is 1.33 bits per heavy atom. The van der Waals surface area contributed by atoms with Gasteiger partial charge in [0.1, 0.15) is 6.04 Å². The summed E-state index contributed by atoms with van der Waals surface area (Å²) in [6, 6.07) is 8.21. The molecule has 18 heavy (non-hydrogen) atoms. The summed E-state index contributed by atoms with van der Waals surface area (Å²) in [5.41, 5.74) is 0.848. The van der Waals surface area contributed by atoms with Gasteiger partial charge >= 0.3 is 12.1 Å². The average Bonchev–Trinajstić information content (AvgIpc) is 2.33. The minimum absolute atomic E-state index is 0.286. The normalized spacial score (nSPS) is 13.1. The molecule has 0 aromatic heterocycles. The molecule has 0 aliphatic rings. The van der Waals surface area contributed by atoms with Crippen LogP contribution in [0.4, 0.5) is 13.2 Å². The van der Waals surface area contributed by atoms with Crippen molar-refractivity contribution in [2.45, 2.75) is 18.6 Å². The van der Waals surface area contributed by atoms with Crippen LogP contribution in [-0.2, 0) is 16.0 Å². The molecule has 0 fully saturated rings. The number of hydrogen-bond acceptors (Lipinski definition) is 3. The van der Waals surface area contributed by atoms with Crippen molar-refractivity contribution in [3.8, 4) is 0 Å². The Kier molecular flexibility index (Phi) is 5.15. The van der Waals surface area contributed by atoms with Crippen molar-refractivity contribution in [1.82, 2.24) is 5.32 Å². The lowest BCUT2D eigenvalue weighted by molar-refractivity contribution is -0.187. The first-order valence-corrected chi connectivity index (χ1v) is 5.37. The molecule has 0 heterocycles. The van der Waals surface area contributed by atoms with Crippen LogP contribution in [-0.4, -0.2) is 31.8 Å². The molecule has 0 aliphatic heterocycles. The molecule has 0 radical (unpaired) electrons. The van der Waals surface area contributed by atoms with E-state index in [2.05, 4.69) is 10.1 Å². The highest BCUT2D eigenvalue weighted by atomic mass is 19.4. The largest absolute Gasteiger partial charge is 0.455 e. The fraction of sp³-hybridized carbons (Fsp3) is 0.417. The van der Waals surface area contributed by atoms with Gasteiger partial charge in [0.15, 0.2) is 6.61 Å². The fourth-order valence-corrected chi connectivity index (χ4v) is 1.41. The lowest BCUT2D eigenvalue weighted by atomic mass is 10.1. The van der Waals surface area contributed by atoms with Crippen LogP contribution in [0.3, 0.4) is 0 Å². The van der Waals surface area contributed by atoms with Gasteiger partial charge in [-0.2, -0.15) is 13.2 Å². The second-order valence-corrected chi connectivity index (χ2v) is 3.75.